The molecule has 0 aliphatic heterocycles. The van der Waals surface area contributed by atoms with Crippen molar-refractivity contribution in [1.29, 1.82) is 0 Å². The van der Waals surface area contributed by atoms with Gasteiger partial charge in [-0.15, -0.1) is 10.2 Å². The van der Waals surface area contributed by atoms with E-state index in [1.807, 2.05) is 6.33 Å². The van der Waals surface area contributed by atoms with Crippen LogP contribution in [0.15, 0.2) is 29.7 Å². The van der Waals surface area contributed by atoms with Gasteiger partial charge in [0.05, 0.1) is 6.61 Å². The molecule has 5 heteroatoms. The van der Waals surface area contributed by atoms with Gasteiger partial charge in [-0.05, 0) is 43.9 Å². The highest BCUT2D eigenvalue weighted by Crippen LogP contribution is 2.37. The van der Waals surface area contributed by atoms with Crippen molar-refractivity contribution in [3.05, 3.63) is 35.7 Å². The van der Waals surface area contributed by atoms with E-state index >= 15 is 0 Å². The second-order valence-electron chi connectivity index (χ2n) is 5.22. The van der Waals surface area contributed by atoms with Crippen LogP contribution in [0.3, 0.4) is 0 Å². The maximum atomic E-state index is 5.85. The van der Waals surface area contributed by atoms with Crippen LogP contribution in [0.1, 0.15) is 30.0 Å². The average molecular weight is 289 g/mol. The average Bonchev–Trinajstić information content (AvgIpc) is 3.18. The van der Waals surface area contributed by atoms with E-state index in [0.29, 0.717) is 12.6 Å². The summed E-state index contributed by atoms with van der Waals surface area (Å²) >= 11 is 1.72. The van der Waals surface area contributed by atoms with Crippen LogP contribution in [0.2, 0.25) is 0 Å². The number of rotatable bonds is 6. The predicted octanol–water partition coefficient (Wildman–Crippen LogP) is 3.40. The van der Waals surface area contributed by atoms with Crippen molar-refractivity contribution >= 4 is 11.8 Å². The molecule has 2 aromatic rings. The maximum Gasteiger partial charge on any atom is 0.191 e. The lowest BCUT2D eigenvalue weighted by molar-refractivity contribution is 0.341. The van der Waals surface area contributed by atoms with Crippen LogP contribution < -0.4 is 4.74 Å². The van der Waals surface area contributed by atoms with Crippen LogP contribution in [0.5, 0.6) is 5.75 Å². The van der Waals surface area contributed by atoms with Crippen molar-refractivity contribution in [3.8, 4) is 5.75 Å². The zero-order chi connectivity index (χ0) is 13.9. The molecule has 1 saturated carbocycles. The number of hydrogen-bond donors (Lipinski definition) is 0. The van der Waals surface area contributed by atoms with Gasteiger partial charge in [0.2, 0.25) is 0 Å². The molecule has 0 saturated heterocycles. The fourth-order valence-electron chi connectivity index (χ4n) is 2.09. The zero-order valence-corrected chi connectivity index (χ0v) is 12.7. The summed E-state index contributed by atoms with van der Waals surface area (Å²) in [6.07, 6.45) is 4.35. The molecule has 20 heavy (non-hydrogen) atoms. The second kappa shape index (κ2) is 5.87. The van der Waals surface area contributed by atoms with Crippen molar-refractivity contribution in [1.82, 2.24) is 14.8 Å². The Morgan fingerprint density at radius 3 is 3.00 bits per heavy atom. The smallest absolute Gasteiger partial charge is 0.191 e. The number of nitrogens with zero attached hydrogens (tertiary/aromatic N) is 3. The number of ether oxygens (including phenoxy) is 1. The molecule has 1 aromatic carbocycles. The Labute approximate surface area is 123 Å². The minimum Gasteiger partial charge on any atom is -0.492 e. The van der Waals surface area contributed by atoms with Gasteiger partial charge in [-0.25, -0.2) is 0 Å². The summed E-state index contributed by atoms with van der Waals surface area (Å²) in [4.78, 5) is 0. The largest absolute Gasteiger partial charge is 0.492 e. The molecular weight excluding hydrogens is 270 g/mol. The molecule has 1 aliphatic rings. The summed E-state index contributed by atoms with van der Waals surface area (Å²) in [5.74, 6) is 1.87. The van der Waals surface area contributed by atoms with Crippen molar-refractivity contribution in [3.63, 3.8) is 0 Å². The van der Waals surface area contributed by atoms with Gasteiger partial charge in [0, 0.05) is 11.8 Å². The van der Waals surface area contributed by atoms with Gasteiger partial charge >= 0.3 is 0 Å². The van der Waals surface area contributed by atoms with Crippen LogP contribution in [0, 0.1) is 13.8 Å². The third-order valence-electron chi connectivity index (χ3n) is 3.40. The van der Waals surface area contributed by atoms with E-state index in [2.05, 4.69) is 46.8 Å². The topological polar surface area (TPSA) is 39.9 Å². The minimum atomic E-state index is 0.632. The summed E-state index contributed by atoms with van der Waals surface area (Å²) in [7, 11) is 0. The van der Waals surface area contributed by atoms with Crippen molar-refractivity contribution in [2.75, 3.05) is 12.4 Å². The second-order valence-corrected chi connectivity index (χ2v) is 6.28. The van der Waals surface area contributed by atoms with Gasteiger partial charge in [0.1, 0.15) is 12.1 Å². The molecule has 0 amide bonds. The molecule has 0 spiro atoms. The summed E-state index contributed by atoms with van der Waals surface area (Å²) < 4.78 is 8.04. The molecule has 1 fully saturated rings. The summed E-state index contributed by atoms with van der Waals surface area (Å²) in [5, 5.41) is 9.18. The van der Waals surface area contributed by atoms with E-state index in [-0.39, 0.29) is 0 Å². The minimum absolute atomic E-state index is 0.632. The lowest BCUT2D eigenvalue weighted by Crippen LogP contribution is -2.03. The first-order valence-corrected chi connectivity index (χ1v) is 7.95. The molecule has 0 bridgehead atoms. The molecular formula is C15H19N3OS. The van der Waals surface area contributed by atoms with Crippen molar-refractivity contribution in [2.24, 2.45) is 0 Å². The number of aryl methyl sites for hydroxylation is 2. The van der Waals surface area contributed by atoms with Gasteiger partial charge in [-0.3, -0.25) is 0 Å². The molecule has 0 unspecified atom stereocenters. The van der Waals surface area contributed by atoms with Gasteiger partial charge in [-0.2, -0.15) is 0 Å². The van der Waals surface area contributed by atoms with E-state index in [0.717, 1.165) is 16.7 Å². The summed E-state index contributed by atoms with van der Waals surface area (Å²) in [6.45, 7) is 4.84. The summed E-state index contributed by atoms with van der Waals surface area (Å²) in [6, 6.07) is 6.93. The van der Waals surface area contributed by atoms with Crippen molar-refractivity contribution in [2.45, 2.75) is 37.9 Å². The van der Waals surface area contributed by atoms with Gasteiger partial charge < -0.3 is 9.30 Å². The molecule has 1 aromatic heterocycles. The first kappa shape index (κ1) is 13.5. The van der Waals surface area contributed by atoms with E-state index in [1.165, 1.54) is 24.0 Å². The van der Waals surface area contributed by atoms with Crippen LogP contribution in [0.25, 0.3) is 0 Å². The fraction of sp³-hybridized carbons (Fsp3) is 0.467. The number of benzene rings is 1. The molecule has 3 rings (SSSR count). The molecule has 106 valence electrons. The van der Waals surface area contributed by atoms with E-state index in [9.17, 15) is 0 Å². The molecule has 0 radical (unpaired) electrons. The van der Waals surface area contributed by atoms with E-state index in [4.69, 9.17) is 4.74 Å². The van der Waals surface area contributed by atoms with E-state index in [1.54, 1.807) is 11.8 Å². The number of thioether (sulfide) groups is 1. The quantitative estimate of drug-likeness (QED) is 0.603. The van der Waals surface area contributed by atoms with Gasteiger partial charge in [0.25, 0.3) is 0 Å². The lowest BCUT2D eigenvalue weighted by Gasteiger charge is -2.10. The number of aromatic nitrogens is 3. The van der Waals surface area contributed by atoms with Gasteiger partial charge in [0.15, 0.2) is 5.16 Å². The third-order valence-corrected chi connectivity index (χ3v) is 4.32. The highest BCUT2D eigenvalue weighted by Gasteiger charge is 2.26. The highest BCUT2D eigenvalue weighted by atomic mass is 32.2. The Morgan fingerprint density at radius 1 is 1.35 bits per heavy atom. The van der Waals surface area contributed by atoms with Crippen LogP contribution >= 0.6 is 11.8 Å². The Hall–Kier alpha value is -1.49. The Morgan fingerprint density at radius 2 is 2.20 bits per heavy atom. The molecule has 1 heterocycles. The first-order valence-electron chi connectivity index (χ1n) is 6.96. The highest BCUT2D eigenvalue weighted by molar-refractivity contribution is 7.99. The summed E-state index contributed by atoms with van der Waals surface area (Å²) in [5.41, 5.74) is 2.41. The standard InChI is InChI=1S/C15H19N3OS/c1-11-3-4-12(2)14(9-11)19-7-8-20-15-17-16-10-18(15)13-5-6-13/h3-4,9-10,13H,5-8H2,1-2H3. The van der Waals surface area contributed by atoms with E-state index < -0.39 is 0 Å². The van der Waals surface area contributed by atoms with Crippen LogP contribution in [-0.4, -0.2) is 27.1 Å². The predicted molar refractivity (Wildman–Crippen MR) is 80.4 cm³/mol. The molecule has 1 aliphatic carbocycles. The normalized spacial score (nSPS) is 14.5. The monoisotopic (exact) mass is 289 g/mol. The van der Waals surface area contributed by atoms with Crippen LogP contribution in [-0.2, 0) is 0 Å². The maximum absolute atomic E-state index is 5.85. The van der Waals surface area contributed by atoms with Crippen LogP contribution in [0.4, 0.5) is 0 Å². The lowest BCUT2D eigenvalue weighted by atomic mass is 10.1. The first-order chi connectivity index (χ1) is 9.74. The molecule has 0 N–H and O–H groups in total. The Balaban J connectivity index is 1.50. The molecule has 0 atom stereocenters. The van der Waals surface area contributed by atoms with Gasteiger partial charge in [-0.1, -0.05) is 23.9 Å². The Kier molecular flexibility index (Phi) is 3.96. The Bertz CT molecular complexity index is 593. The SMILES string of the molecule is Cc1ccc(C)c(OCCSc2nncn2C2CC2)c1. The fourth-order valence-corrected chi connectivity index (χ4v) is 2.89. The van der Waals surface area contributed by atoms with Crippen molar-refractivity contribution < 1.29 is 4.74 Å². The molecule has 4 nitrogen and oxygen atoms in total. The number of hydrogen-bond acceptors (Lipinski definition) is 4. The zero-order valence-electron chi connectivity index (χ0n) is 11.9. The third kappa shape index (κ3) is 3.15.